The number of nitriles is 1. The number of ether oxygens (including phenoxy) is 1. The van der Waals surface area contributed by atoms with E-state index in [2.05, 4.69) is 11.9 Å². The van der Waals surface area contributed by atoms with E-state index in [9.17, 15) is 28.0 Å². The third kappa shape index (κ3) is 7.99. The normalized spacial score (nSPS) is 16.4. The summed E-state index contributed by atoms with van der Waals surface area (Å²) in [6.07, 6.45) is -4.64. The van der Waals surface area contributed by atoms with Crippen LogP contribution in [0.3, 0.4) is 0 Å². The van der Waals surface area contributed by atoms with Gasteiger partial charge in [-0.3, -0.25) is 4.79 Å². The number of alkyl halides is 3. The topological polar surface area (TPSA) is 82.4 Å². The number of hydrogen-bond acceptors (Lipinski definition) is 4. The molecule has 2 atom stereocenters. The molecule has 1 aliphatic heterocycles. The van der Waals surface area contributed by atoms with Gasteiger partial charge in [0.05, 0.1) is 16.1 Å². The van der Waals surface area contributed by atoms with Gasteiger partial charge < -0.3 is 15.0 Å². The van der Waals surface area contributed by atoms with Gasteiger partial charge in [0.1, 0.15) is 18.2 Å². The Bertz CT molecular complexity index is 1280. The molecule has 208 valence electrons. The highest BCUT2D eigenvalue weighted by Gasteiger charge is 2.36. The van der Waals surface area contributed by atoms with Crippen LogP contribution in [0.4, 0.5) is 18.0 Å². The Hall–Kier alpha value is -3.51. The zero-order valence-corrected chi connectivity index (χ0v) is 22.8. The van der Waals surface area contributed by atoms with E-state index in [1.165, 1.54) is 12.1 Å². The van der Waals surface area contributed by atoms with E-state index in [-0.39, 0.29) is 40.9 Å². The SMILES string of the molecule is C=C(C1CCN(C(=O)CNC(=O)OC(C)(C)C)C1)C(Cc1ccccc1C(F)(F)F)c1ccc(C#N)c(Cl)c1. The van der Waals surface area contributed by atoms with E-state index in [0.29, 0.717) is 30.6 Å². The monoisotopic (exact) mass is 561 g/mol. The van der Waals surface area contributed by atoms with Gasteiger partial charge in [0.15, 0.2) is 0 Å². The molecule has 2 aromatic rings. The van der Waals surface area contributed by atoms with Crippen LogP contribution in [0.15, 0.2) is 54.6 Å². The maximum atomic E-state index is 13.8. The van der Waals surface area contributed by atoms with Gasteiger partial charge in [-0.1, -0.05) is 48.0 Å². The van der Waals surface area contributed by atoms with Gasteiger partial charge in [0.2, 0.25) is 5.91 Å². The molecule has 2 aromatic carbocycles. The third-order valence-electron chi connectivity index (χ3n) is 6.56. The van der Waals surface area contributed by atoms with Gasteiger partial charge in [-0.25, -0.2) is 4.79 Å². The minimum absolute atomic E-state index is 0.0153. The molecule has 39 heavy (non-hydrogen) atoms. The molecule has 1 heterocycles. The van der Waals surface area contributed by atoms with E-state index < -0.39 is 29.4 Å². The zero-order valence-electron chi connectivity index (χ0n) is 22.1. The fourth-order valence-corrected chi connectivity index (χ4v) is 4.88. The average molecular weight is 562 g/mol. The standard InChI is InChI=1S/C29H31ClF3N3O3/c1-18(22-11-12-36(17-22)26(37)16-35-27(38)39-28(2,3)4)23(19-9-10-21(15-34)25(30)14-19)13-20-7-5-6-8-24(20)29(31,32)33/h5-10,14,22-23H,1,11-13,16-17H2,2-4H3,(H,35,38). The Kier molecular flexibility index (Phi) is 9.34. The van der Waals surface area contributed by atoms with E-state index in [4.69, 9.17) is 16.3 Å². The van der Waals surface area contributed by atoms with Gasteiger partial charge in [0.25, 0.3) is 0 Å². The molecular weight excluding hydrogens is 531 g/mol. The Balaban J connectivity index is 1.81. The summed E-state index contributed by atoms with van der Waals surface area (Å²) in [5, 5.41) is 11.9. The van der Waals surface area contributed by atoms with Gasteiger partial charge >= 0.3 is 12.3 Å². The summed E-state index contributed by atoms with van der Waals surface area (Å²) in [7, 11) is 0. The lowest BCUT2D eigenvalue weighted by molar-refractivity contribution is -0.138. The summed E-state index contributed by atoms with van der Waals surface area (Å²) in [6.45, 7) is 9.91. The van der Waals surface area contributed by atoms with Crippen molar-refractivity contribution in [2.24, 2.45) is 5.92 Å². The molecule has 0 saturated carbocycles. The van der Waals surface area contributed by atoms with Crippen LogP contribution >= 0.6 is 11.6 Å². The fraction of sp³-hybridized carbons (Fsp3) is 0.414. The molecule has 10 heteroatoms. The number of alkyl carbamates (subject to hydrolysis) is 1. The minimum Gasteiger partial charge on any atom is -0.444 e. The molecule has 1 fully saturated rings. The van der Waals surface area contributed by atoms with Crippen LogP contribution in [0.5, 0.6) is 0 Å². The second-order valence-electron chi connectivity index (χ2n) is 10.5. The maximum Gasteiger partial charge on any atom is 0.416 e. The quantitative estimate of drug-likeness (QED) is 0.392. The number of rotatable bonds is 7. The van der Waals surface area contributed by atoms with Crippen LogP contribution in [-0.4, -0.2) is 42.1 Å². The van der Waals surface area contributed by atoms with Crippen molar-refractivity contribution in [2.75, 3.05) is 19.6 Å². The second kappa shape index (κ2) is 12.1. The largest absolute Gasteiger partial charge is 0.444 e. The molecule has 1 aliphatic rings. The third-order valence-corrected chi connectivity index (χ3v) is 6.87. The van der Waals surface area contributed by atoms with Crippen molar-refractivity contribution in [1.82, 2.24) is 10.2 Å². The fourth-order valence-electron chi connectivity index (χ4n) is 4.64. The van der Waals surface area contributed by atoms with E-state index in [0.717, 1.165) is 6.07 Å². The van der Waals surface area contributed by atoms with Crippen LogP contribution < -0.4 is 5.32 Å². The molecular formula is C29H31ClF3N3O3. The predicted molar refractivity (Wildman–Crippen MR) is 142 cm³/mol. The number of likely N-dealkylation sites (tertiary alicyclic amines) is 1. The number of carbonyl (C=O) groups excluding carboxylic acids is 2. The number of nitrogens with one attached hydrogen (secondary N) is 1. The van der Waals surface area contributed by atoms with E-state index in [1.807, 2.05) is 6.07 Å². The van der Waals surface area contributed by atoms with Crippen LogP contribution in [0.2, 0.25) is 5.02 Å². The first-order valence-corrected chi connectivity index (χ1v) is 12.9. The molecule has 0 bridgehead atoms. The van der Waals surface area contributed by atoms with Crippen molar-refractivity contribution in [3.05, 3.63) is 81.9 Å². The molecule has 0 aromatic heterocycles. The molecule has 0 radical (unpaired) electrons. The summed E-state index contributed by atoms with van der Waals surface area (Å²) in [6, 6.07) is 12.2. The van der Waals surface area contributed by atoms with Crippen molar-refractivity contribution in [3.63, 3.8) is 0 Å². The van der Waals surface area contributed by atoms with Crippen LogP contribution in [0.1, 0.15) is 55.4 Å². The molecule has 3 rings (SSSR count). The number of amides is 2. The minimum atomic E-state index is -4.53. The van der Waals surface area contributed by atoms with Gasteiger partial charge in [0, 0.05) is 19.0 Å². The van der Waals surface area contributed by atoms with Gasteiger partial charge in [-0.05, 0) is 68.9 Å². The van der Waals surface area contributed by atoms with E-state index >= 15 is 0 Å². The van der Waals surface area contributed by atoms with Crippen molar-refractivity contribution in [2.45, 2.75) is 51.3 Å². The average Bonchev–Trinajstić information content (AvgIpc) is 3.34. The Labute approximate surface area is 231 Å². The second-order valence-corrected chi connectivity index (χ2v) is 10.9. The van der Waals surface area contributed by atoms with Crippen LogP contribution in [0, 0.1) is 17.2 Å². The number of nitrogens with zero attached hydrogens (tertiary/aromatic N) is 2. The molecule has 0 aliphatic carbocycles. The summed E-state index contributed by atoms with van der Waals surface area (Å²) in [5.74, 6) is -1.02. The van der Waals surface area contributed by atoms with Crippen molar-refractivity contribution in [3.8, 4) is 6.07 Å². The Morgan fingerprint density at radius 2 is 1.92 bits per heavy atom. The highest BCUT2D eigenvalue weighted by atomic mass is 35.5. The summed E-state index contributed by atoms with van der Waals surface area (Å²) < 4.78 is 46.5. The lowest BCUT2D eigenvalue weighted by Gasteiger charge is -2.27. The Morgan fingerprint density at radius 3 is 2.54 bits per heavy atom. The molecule has 1 saturated heterocycles. The predicted octanol–water partition coefficient (Wildman–Crippen LogP) is 6.49. The first-order valence-electron chi connectivity index (χ1n) is 12.5. The number of benzene rings is 2. The van der Waals surface area contributed by atoms with Crippen LogP contribution in [0.25, 0.3) is 0 Å². The lowest BCUT2D eigenvalue weighted by atomic mass is 9.79. The molecule has 6 nitrogen and oxygen atoms in total. The Morgan fingerprint density at radius 1 is 1.23 bits per heavy atom. The first-order chi connectivity index (χ1) is 18.2. The van der Waals surface area contributed by atoms with Gasteiger partial charge in [-0.2, -0.15) is 18.4 Å². The van der Waals surface area contributed by atoms with Crippen molar-refractivity contribution in [1.29, 1.82) is 5.26 Å². The molecule has 2 amide bonds. The smallest absolute Gasteiger partial charge is 0.416 e. The summed E-state index contributed by atoms with van der Waals surface area (Å²) in [5.41, 5.74) is 0.261. The first kappa shape index (κ1) is 30.0. The van der Waals surface area contributed by atoms with Crippen molar-refractivity contribution >= 4 is 23.6 Å². The summed E-state index contributed by atoms with van der Waals surface area (Å²) >= 11 is 6.28. The van der Waals surface area contributed by atoms with E-state index in [1.54, 1.807) is 49.9 Å². The van der Waals surface area contributed by atoms with Gasteiger partial charge in [-0.15, -0.1) is 0 Å². The highest BCUT2D eigenvalue weighted by Crippen LogP contribution is 2.40. The molecule has 2 unspecified atom stereocenters. The number of carbonyl (C=O) groups is 2. The van der Waals surface area contributed by atoms with Crippen molar-refractivity contribution < 1.29 is 27.5 Å². The zero-order chi connectivity index (χ0) is 29.0. The molecule has 0 spiro atoms. The number of hydrogen-bond donors (Lipinski definition) is 1. The molecule has 1 N–H and O–H groups in total. The maximum absolute atomic E-state index is 13.8. The van der Waals surface area contributed by atoms with Crippen LogP contribution in [-0.2, 0) is 22.1 Å². The summed E-state index contributed by atoms with van der Waals surface area (Å²) in [4.78, 5) is 26.2. The number of halogens is 4. The lowest BCUT2D eigenvalue weighted by Crippen LogP contribution is -2.41. The highest BCUT2D eigenvalue weighted by molar-refractivity contribution is 6.31.